The summed E-state index contributed by atoms with van der Waals surface area (Å²) in [6.45, 7) is 13.1. The Morgan fingerprint density at radius 3 is 1.87 bits per heavy atom. The normalized spacial score (nSPS) is 11.6. The smallest absolute Gasteiger partial charge is 0.407 e. The second-order valence-corrected chi connectivity index (χ2v) is 4.99. The van der Waals surface area contributed by atoms with Crippen molar-refractivity contribution >= 4 is 6.09 Å². The number of carbonyl (C=O) groups excluding carboxylic acids is 1. The Balaban J connectivity index is 3.95. The summed E-state index contributed by atoms with van der Waals surface area (Å²) in [6.07, 6.45) is -0.363. The summed E-state index contributed by atoms with van der Waals surface area (Å²) in [4.78, 5) is 11.3. The van der Waals surface area contributed by atoms with E-state index >= 15 is 0 Å². The van der Waals surface area contributed by atoms with Gasteiger partial charge in [0.2, 0.25) is 0 Å². The van der Waals surface area contributed by atoms with Crippen molar-refractivity contribution < 1.29 is 9.53 Å². The van der Waals surface area contributed by atoms with Gasteiger partial charge in [0, 0.05) is 6.54 Å². The van der Waals surface area contributed by atoms with Gasteiger partial charge in [-0.3, -0.25) is 0 Å². The maximum Gasteiger partial charge on any atom is 0.407 e. The molecule has 0 aromatic rings. The highest BCUT2D eigenvalue weighted by Crippen LogP contribution is 2.19. The number of hydrogen-bond acceptors (Lipinski definition) is 2. The van der Waals surface area contributed by atoms with Gasteiger partial charge in [-0.05, 0) is 31.6 Å². The molecule has 0 aliphatic carbocycles. The van der Waals surface area contributed by atoms with Gasteiger partial charge in [0.15, 0.2) is 0 Å². The molecule has 1 amide bonds. The van der Waals surface area contributed by atoms with Crippen molar-refractivity contribution in [1.82, 2.24) is 5.32 Å². The molecule has 3 nitrogen and oxygen atoms in total. The van der Waals surface area contributed by atoms with E-state index in [0.717, 1.165) is 0 Å². The summed E-state index contributed by atoms with van der Waals surface area (Å²) in [5.41, 5.74) is 0. The molecule has 0 spiro atoms. The van der Waals surface area contributed by atoms with Crippen molar-refractivity contribution in [2.45, 2.75) is 47.6 Å². The first-order chi connectivity index (χ1) is 6.84. The molecular formula is C12H25NO2. The van der Waals surface area contributed by atoms with Crippen LogP contribution < -0.4 is 5.32 Å². The number of alkyl carbamates (subject to hydrolysis) is 1. The number of rotatable bonds is 5. The lowest BCUT2D eigenvalue weighted by molar-refractivity contribution is 0.112. The molecule has 0 aromatic heterocycles. The van der Waals surface area contributed by atoms with Crippen molar-refractivity contribution in [3.63, 3.8) is 0 Å². The quantitative estimate of drug-likeness (QED) is 0.765. The minimum atomic E-state index is -0.309. The third kappa shape index (κ3) is 6.37. The van der Waals surface area contributed by atoms with E-state index in [4.69, 9.17) is 4.74 Å². The Morgan fingerprint density at radius 1 is 1.07 bits per heavy atom. The third-order valence-corrected chi connectivity index (χ3v) is 2.54. The van der Waals surface area contributed by atoms with E-state index in [1.165, 1.54) is 0 Å². The van der Waals surface area contributed by atoms with Gasteiger partial charge in [0.1, 0.15) is 0 Å². The highest BCUT2D eigenvalue weighted by atomic mass is 16.6. The van der Waals surface area contributed by atoms with Crippen molar-refractivity contribution in [2.75, 3.05) is 6.54 Å². The maximum absolute atomic E-state index is 11.3. The van der Waals surface area contributed by atoms with Crippen LogP contribution in [0.4, 0.5) is 4.79 Å². The topological polar surface area (TPSA) is 38.3 Å². The van der Waals surface area contributed by atoms with Gasteiger partial charge >= 0.3 is 6.09 Å². The standard InChI is InChI=1S/C12H25NO2/c1-8(2)11(9(3)4)7-13-12(14)15-10(5)6/h8-11H,7H2,1-6H3,(H,13,14). The summed E-state index contributed by atoms with van der Waals surface area (Å²) in [5, 5.41) is 2.82. The third-order valence-electron chi connectivity index (χ3n) is 2.54. The average molecular weight is 215 g/mol. The van der Waals surface area contributed by atoms with Gasteiger partial charge in [-0.1, -0.05) is 27.7 Å². The van der Waals surface area contributed by atoms with Crippen molar-refractivity contribution in [3.05, 3.63) is 0 Å². The second kappa shape index (κ2) is 6.70. The first-order valence-corrected chi connectivity index (χ1v) is 5.79. The van der Waals surface area contributed by atoms with Gasteiger partial charge in [0.05, 0.1) is 6.10 Å². The van der Waals surface area contributed by atoms with Crippen LogP contribution in [0.15, 0.2) is 0 Å². The van der Waals surface area contributed by atoms with Crippen LogP contribution in [0.1, 0.15) is 41.5 Å². The molecule has 0 unspecified atom stereocenters. The van der Waals surface area contributed by atoms with E-state index in [2.05, 4.69) is 33.0 Å². The van der Waals surface area contributed by atoms with Gasteiger partial charge in [0.25, 0.3) is 0 Å². The van der Waals surface area contributed by atoms with Crippen LogP contribution in [0.2, 0.25) is 0 Å². The van der Waals surface area contributed by atoms with Crippen LogP contribution in [-0.2, 0) is 4.74 Å². The van der Waals surface area contributed by atoms with Gasteiger partial charge in [-0.25, -0.2) is 4.79 Å². The fraction of sp³-hybridized carbons (Fsp3) is 0.917. The highest BCUT2D eigenvalue weighted by molar-refractivity contribution is 5.67. The van der Waals surface area contributed by atoms with Gasteiger partial charge in [-0.2, -0.15) is 0 Å². The number of amides is 1. The highest BCUT2D eigenvalue weighted by Gasteiger charge is 2.18. The lowest BCUT2D eigenvalue weighted by Gasteiger charge is -2.25. The van der Waals surface area contributed by atoms with E-state index in [1.807, 2.05) is 13.8 Å². The summed E-state index contributed by atoms with van der Waals surface area (Å²) >= 11 is 0. The Kier molecular flexibility index (Phi) is 6.37. The molecule has 0 bridgehead atoms. The molecule has 0 rings (SSSR count). The SMILES string of the molecule is CC(C)OC(=O)NCC(C(C)C)C(C)C. The Hall–Kier alpha value is -0.730. The van der Waals surface area contributed by atoms with Crippen LogP contribution in [-0.4, -0.2) is 18.7 Å². The summed E-state index contributed by atoms with van der Waals surface area (Å²) in [5.74, 6) is 1.65. The second-order valence-electron chi connectivity index (χ2n) is 4.99. The first kappa shape index (κ1) is 14.3. The van der Waals surface area contributed by atoms with Crippen molar-refractivity contribution in [1.29, 1.82) is 0 Å². The number of nitrogens with one attached hydrogen (secondary N) is 1. The summed E-state index contributed by atoms with van der Waals surface area (Å²) < 4.78 is 5.01. The Labute approximate surface area is 93.6 Å². The molecule has 0 aliphatic rings. The molecule has 0 atom stereocenters. The zero-order chi connectivity index (χ0) is 12.0. The largest absolute Gasteiger partial charge is 0.447 e. The van der Waals surface area contributed by atoms with Crippen LogP contribution >= 0.6 is 0 Å². The summed E-state index contributed by atoms with van der Waals surface area (Å²) in [6, 6.07) is 0. The van der Waals surface area contributed by atoms with E-state index in [1.54, 1.807) is 0 Å². The minimum Gasteiger partial charge on any atom is -0.447 e. The zero-order valence-corrected chi connectivity index (χ0v) is 10.8. The average Bonchev–Trinajstić information content (AvgIpc) is 2.00. The van der Waals surface area contributed by atoms with Crippen molar-refractivity contribution in [2.24, 2.45) is 17.8 Å². The van der Waals surface area contributed by atoms with Crippen LogP contribution in [0.3, 0.4) is 0 Å². The lowest BCUT2D eigenvalue weighted by atomic mass is 9.85. The van der Waals surface area contributed by atoms with Gasteiger partial charge in [-0.15, -0.1) is 0 Å². The zero-order valence-electron chi connectivity index (χ0n) is 10.8. The molecule has 0 radical (unpaired) electrons. The molecular weight excluding hydrogens is 190 g/mol. The minimum absolute atomic E-state index is 0.0541. The Morgan fingerprint density at radius 2 is 1.53 bits per heavy atom. The fourth-order valence-electron chi connectivity index (χ4n) is 1.70. The van der Waals surface area contributed by atoms with E-state index < -0.39 is 0 Å². The molecule has 0 aliphatic heterocycles. The number of hydrogen-bond donors (Lipinski definition) is 1. The molecule has 1 N–H and O–H groups in total. The molecule has 0 saturated carbocycles. The predicted molar refractivity (Wildman–Crippen MR) is 62.8 cm³/mol. The van der Waals surface area contributed by atoms with E-state index in [0.29, 0.717) is 24.3 Å². The van der Waals surface area contributed by atoms with Crippen LogP contribution in [0, 0.1) is 17.8 Å². The fourth-order valence-corrected chi connectivity index (χ4v) is 1.70. The molecule has 15 heavy (non-hydrogen) atoms. The molecule has 0 heterocycles. The van der Waals surface area contributed by atoms with E-state index in [-0.39, 0.29) is 12.2 Å². The molecule has 3 heteroatoms. The molecule has 0 aromatic carbocycles. The van der Waals surface area contributed by atoms with Crippen molar-refractivity contribution in [3.8, 4) is 0 Å². The molecule has 90 valence electrons. The lowest BCUT2D eigenvalue weighted by Crippen LogP contribution is -2.35. The van der Waals surface area contributed by atoms with Gasteiger partial charge < -0.3 is 10.1 Å². The van der Waals surface area contributed by atoms with Crippen LogP contribution in [0.5, 0.6) is 0 Å². The first-order valence-electron chi connectivity index (χ1n) is 5.79. The Bertz CT molecular complexity index is 180. The maximum atomic E-state index is 11.3. The van der Waals surface area contributed by atoms with E-state index in [9.17, 15) is 4.79 Å². The predicted octanol–water partition coefficient (Wildman–Crippen LogP) is 3.05. The summed E-state index contributed by atoms with van der Waals surface area (Å²) in [7, 11) is 0. The number of carbonyl (C=O) groups is 1. The molecule has 0 saturated heterocycles. The van der Waals surface area contributed by atoms with Crippen LogP contribution in [0.25, 0.3) is 0 Å². The molecule has 0 fully saturated rings. The monoisotopic (exact) mass is 215 g/mol. The number of ether oxygens (including phenoxy) is 1.